The Bertz CT molecular complexity index is 353. The highest BCUT2D eigenvalue weighted by molar-refractivity contribution is 5.74. The number of rotatable bonds is 4. The molecular weight excluding hydrogens is 274 g/mol. The van der Waals surface area contributed by atoms with E-state index in [4.69, 9.17) is 0 Å². The van der Waals surface area contributed by atoms with Crippen molar-refractivity contribution in [3.8, 4) is 0 Å². The van der Waals surface area contributed by atoms with Crippen molar-refractivity contribution in [3.05, 3.63) is 0 Å². The summed E-state index contributed by atoms with van der Waals surface area (Å²) in [5.74, 6) is 0. The third-order valence-corrected chi connectivity index (χ3v) is 6.11. The van der Waals surface area contributed by atoms with Crippen molar-refractivity contribution >= 4 is 6.03 Å². The zero-order valence-electron chi connectivity index (χ0n) is 14.2. The molecule has 0 aromatic rings. The molecule has 4 atom stereocenters. The van der Waals surface area contributed by atoms with Gasteiger partial charge < -0.3 is 15.5 Å². The van der Waals surface area contributed by atoms with Crippen LogP contribution in [0.25, 0.3) is 0 Å². The second-order valence-electron chi connectivity index (χ2n) is 7.77. The van der Waals surface area contributed by atoms with E-state index in [1.165, 1.54) is 64.3 Å². The summed E-state index contributed by atoms with van der Waals surface area (Å²) in [6.07, 6.45) is 14.0. The Morgan fingerprint density at radius 3 is 2.18 bits per heavy atom. The number of nitrogens with one attached hydrogen (secondary N) is 3. The van der Waals surface area contributed by atoms with Gasteiger partial charge in [-0.1, -0.05) is 26.2 Å². The lowest BCUT2D eigenvalue weighted by Crippen LogP contribution is -3.21. The maximum atomic E-state index is 12.3. The molecule has 2 bridgehead atoms. The van der Waals surface area contributed by atoms with Crippen LogP contribution in [0.15, 0.2) is 0 Å². The number of carbonyl (C=O) groups excluding carboxylic acids is 1. The Morgan fingerprint density at radius 2 is 1.55 bits per heavy atom. The highest BCUT2D eigenvalue weighted by Crippen LogP contribution is 2.22. The first-order valence-electron chi connectivity index (χ1n) is 9.69. The molecule has 2 saturated heterocycles. The molecule has 4 heteroatoms. The molecule has 3 fully saturated rings. The summed E-state index contributed by atoms with van der Waals surface area (Å²) < 4.78 is 0. The Morgan fingerprint density at radius 1 is 0.909 bits per heavy atom. The molecule has 0 spiro atoms. The molecule has 0 aromatic carbocycles. The second kappa shape index (κ2) is 7.67. The smallest absolute Gasteiger partial charge is 0.315 e. The van der Waals surface area contributed by atoms with Crippen LogP contribution in [0.2, 0.25) is 0 Å². The molecule has 3 N–H and O–H groups in total. The van der Waals surface area contributed by atoms with Crippen molar-refractivity contribution in [2.24, 2.45) is 0 Å². The van der Waals surface area contributed by atoms with Crippen LogP contribution in [0.3, 0.4) is 0 Å². The van der Waals surface area contributed by atoms with Gasteiger partial charge in [0.05, 0.1) is 18.6 Å². The molecule has 4 nitrogen and oxygen atoms in total. The van der Waals surface area contributed by atoms with Crippen LogP contribution in [-0.2, 0) is 0 Å². The van der Waals surface area contributed by atoms with Gasteiger partial charge in [0.25, 0.3) is 0 Å². The molecule has 3 rings (SSSR count). The standard InChI is InChI=1S/C18H33N3O/c1-2-11-21-16-9-6-10-17(21)13-15(12-16)20-18(22)19-14-7-4-3-5-8-14/h14-17H,2-13H2,1H3,(H2,19,20,22)/p+1/t15?,16-,17+. The molecule has 2 aliphatic heterocycles. The highest BCUT2D eigenvalue weighted by Gasteiger charge is 2.41. The molecule has 2 heterocycles. The Hall–Kier alpha value is -0.770. The van der Waals surface area contributed by atoms with E-state index in [1.807, 2.05) is 4.90 Å². The van der Waals surface area contributed by atoms with E-state index in [0.29, 0.717) is 12.1 Å². The molecule has 2 amide bonds. The predicted molar refractivity (Wildman–Crippen MR) is 89.1 cm³/mol. The number of hydrogen-bond donors (Lipinski definition) is 3. The van der Waals surface area contributed by atoms with Gasteiger partial charge in [-0.15, -0.1) is 0 Å². The molecule has 3 aliphatic rings. The topological polar surface area (TPSA) is 45.6 Å². The van der Waals surface area contributed by atoms with Gasteiger partial charge in [-0.05, 0) is 38.5 Å². The van der Waals surface area contributed by atoms with E-state index in [1.54, 1.807) is 0 Å². The Kier molecular flexibility index (Phi) is 5.61. The van der Waals surface area contributed by atoms with Crippen LogP contribution in [0.5, 0.6) is 0 Å². The first-order valence-corrected chi connectivity index (χ1v) is 9.69. The zero-order chi connectivity index (χ0) is 15.4. The fourth-order valence-corrected chi connectivity index (χ4v) is 5.11. The van der Waals surface area contributed by atoms with Crippen molar-refractivity contribution in [3.63, 3.8) is 0 Å². The summed E-state index contributed by atoms with van der Waals surface area (Å²) in [5, 5.41) is 6.51. The minimum atomic E-state index is 0.0916. The minimum absolute atomic E-state index is 0.0916. The van der Waals surface area contributed by atoms with Gasteiger partial charge in [0.2, 0.25) is 0 Å². The van der Waals surface area contributed by atoms with Gasteiger partial charge in [-0.25, -0.2) is 4.79 Å². The van der Waals surface area contributed by atoms with Gasteiger partial charge >= 0.3 is 6.03 Å². The number of carbonyl (C=O) groups is 1. The fraction of sp³-hybridized carbons (Fsp3) is 0.944. The first kappa shape index (κ1) is 16.1. The maximum Gasteiger partial charge on any atom is 0.315 e. The lowest BCUT2D eigenvalue weighted by molar-refractivity contribution is -0.961. The molecule has 1 saturated carbocycles. The largest absolute Gasteiger partial charge is 0.335 e. The average molecular weight is 308 g/mol. The van der Waals surface area contributed by atoms with Gasteiger partial charge in [0.1, 0.15) is 0 Å². The van der Waals surface area contributed by atoms with Crippen LogP contribution in [0.1, 0.15) is 77.6 Å². The highest BCUT2D eigenvalue weighted by atomic mass is 16.2. The summed E-state index contributed by atoms with van der Waals surface area (Å²) in [5.41, 5.74) is 0. The van der Waals surface area contributed by atoms with Crippen LogP contribution in [0, 0.1) is 0 Å². The zero-order valence-corrected chi connectivity index (χ0v) is 14.2. The van der Waals surface area contributed by atoms with E-state index in [9.17, 15) is 4.79 Å². The Labute approximate surface area is 135 Å². The monoisotopic (exact) mass is 308 g/mol. The number of fused-ring (bicyclic) bond motifs is 2. The molecule has 126 valence electrons. The van der Waals surface area contributed by atoms with Crippen molar-refractivity contribution in [2.75, 3.05) is 6.54 Å². The SMILES string of the molecule is CCC[NH+]1[C@@H]2CCC[C@H]1CC(NC(=O)NC1CCCCC1)C2. The summed E-state index contributed by atoms with van der Waals surface area (Å²) >= 11 is 0. The van der Waals surface area contributed by atoms with Gasteiger partial charge in [0.15, 0.2) is 0 Å². The Balaban J connectivity index is 1.48. The van der Waals surface area contributed by atoms with Crippen LogP contribution in [0.4, 0.5) is 4.79 Å². The normalized spacial score (nSPS) is 35.9. The second-order valence-corrected chi connectivity index (χ2v) is 7.77. The molecule has 0 aromatic heterocycles. The maximum absolute atomic E-state index is 12.3. The van der Waals surface area contributed by atoms with Crippen LogP contribution in [-0.4, -0.2) is 36.7 Å². The van der Waals surface area contributed by atoms with Crippen molar-refractivity contribution in [2.45, 2.75) is 102 Å². The van der Waals surface area contributed by atoms with Crippen LogP contribution < -0.4 is 15.5 Å². The predicted octanol–water partition coefficient (Wildman–Crippen LogP) is 2.00. The minimum Gasteiger partial charge on any atom is -0.335 e. The molecule has 0 radical (unpaired) electrons. The number of urea groups is 1. The van der Waals surface area contributed by atoms with E-state index in [2.05, 4.69) is 17.6 Å². The van der Waals surface area contributed by atoms with Crippen molar-refractivity contribution in [1.82, 2.24) is 10.6 Å². The average Bonchev–Trinajstić information content (AvgIpc) is 2.49. The fourth-order valence-electron chi connectivity index (χ4n) is 5.11. The first-order chi connectivity index (χ1) is 10.8. The van der Waals surface area contributed by atoms with E-state index in [0.717, 1.165) is 24.9 Å². The third-order valence-electron chi connectivity index (χ3n) is 6.11. The summed E-state index contributed by atoms with van der Waals surface area (Å²) in [6.45, 7) is 3.61. The van der Waals surface area contributed by atoms with Gasteiger partial charge in [-0.2, -0.15) is 0 Å². The number of hydrogen-bond acceptors (Lipinski definition) is 1. The van der Waals surface area contributed by atoms with Crippen LogP contribution >= 0.6 is 0 Å². The molecule has 1 aliphatic carbocycles. The lowest BCUT2D eigenvalue weighted by Gasteiger charge is -2.46. The van der Waals surface area contributed by atoms with Crippen molar-refractivity contribution < 1.29 is 9.69 Å². The summed E-state index contributed by atoms with van der Waals surface area (Å²) in [6, 6.07) is 2.48. The number of quaternary nitrogens is 1. The molecular formula is C18H34N3O+. The summed E-state index contributed by atoms with van der Waals surface area (Å²) in [4.78, 5) is 14.1. The third kappa shape index (κ3) is 3.95. The molecule has 2 unspecified atom stereocenters. The number of piperidine rings is 2. The number of amides is 2. The van der Waals surface area contributed by atoms with E-state index in [-0.39, 0.29) is 6.03 Å². The lowest BCUT2D eigenvalue weighted by atomic mass is 9.81. The summed E-state index contributed by atoms with van der Waals surface area (Å²) in [7, 11) is 0. The molecule has 22 heavy (non-hydrogen) atoms. The van der Waals surface area contributed by atoms with Crippen molar-refractivity contribution in [1.29, 1.82) is 0 Å². The quantitative estimate of drug-likeness (QED) is 0.731. The van der Waals surface area contributed by atoms with E-state index >= 15 is 0 Å². The van der Waals surface area contributed by atoms with Gasteiger partial charge in [-0.3, -0.25) is 0 Å². The van der Waals surface area contributed by atoms with E-state index < -0.39 is 0 Å². The van der Waals surface area contributed by atoms with Gasteiger partial charge in [0, 0.05) is 24.9 Å².